The first-order chi connectivity index (χ1) is 6.00. The minimum Gasteiger partial charge on any atom is -0.392 e. The Morgan fingerprint density at radius 1 is 0.923 bits per heavy atom. The van der Waals surface area contributed by atoms with Crippen LogP contribution in [0.25, 0.3) is 0 Å². The Bertz CT molecular complexity index is 324. The molecule has 1 N–H and O–H groups in total. The molecule has 0 fully saturated rings. The molecule has 1 nitrogen and oxygen atoms in total. The second kappa shape index (κ2) is 3.62. The van der Waals surface area contributed by atoms with E-state index in [4.69, 9.17) is 36.5 Å². The Balaban J connectivity index is 3.56. The van der Waals surface area contributed by atoms with E-state index in [1.807, 2.05) is 0 Å². The predicted molar refractivity (Wildman–Crippen MR) is 53.9 cm³/mol. The third-order valence-corrected chi connectivity index (χ3v) is 1.86. The second-order valence-electron chi connectivity index (χ2n) is 2.61. The van der Waals surface area contributed by atoms with Gasteiger partial charge in [-0.15, -0.1) is 10.9 Å². The van der Waals surface area contributed by atoms with Crippen LogP contribution in [0.15, 0.2) is 0 Å². The number of benzene rings is 1. The highest BCUT2D eigenvalue weighted by molar-refractivity contribution is 6.62. The Hall–Kier alpha value is -0.630. The lowest BCUT2D eigenvalue weighted by Gasteiger charge is -2.16. The zero-order valence-corrected chi connectivity index (χ0v) is 6.84. The average molecular weight is 165 g/mol. The highest BCUT2D eigenvalue weighted by Gasteiger charge is 2.11. The summed E-state index contributed by atoms with van der Waals surface area (Å²) in [6, 6.07) is 0. The summed E-state index contributed by atoms with van der Waals surface area (Å²) in [4.78, 5) is 0. The normalized spacial score (nSPS) is 10.3. The molecule has 56 valence electrons. The molecule has 0 amide bonds. The van der Waals surface area contributed by atoms with Gasteiger partial charge < -0.3 is 5.11 Å². The molecule has 0 aromatic heterocycles. The van der Waals surface area contributed by atoms with Crippen LogP contribution in [0, 0.1) is 5.82 Å². The fraction of sp³-hybridized carbons (Fsp3) is 0.143. The van der Waals surface area contributed by atoms with Gasteiger partial charge in [-0.25, -0.2) is 4.39 Å². The lowest BCUT2D eigenvalue weighted by atomic mass is 9.65. The molecule has 0 aliphatic rings. The summed E-state index contributed by atoms with van der Waals surface area (Å²) in [7, 11) is 21.5. The van der Waals surface area contributed by atoms with E-state index in [1.165, 1.54) is 0 Å². The van der Waals surface area contributed by atoms with Crippen molar-refractivity contribution >= 4 is 53.2 Å². The third kappa shape index (κ3) is 1.55. The molecule has 0 bridgehead atoms. The average Bonchev–Trinajstić information content (AvgIpc) is 2.13. The summed E-state index contributed by atoms with van der Waals surface area (Å²) in [6.07, 6.45) is 0. The summed E-state index contributed by atoms with van der Waals surface area (Å²) in [5.74, 6) is -0.813. The van der Waals surface area contributed by atoms with Crippen molar-refractivity contribution in [3.8, 4) is 0 Å². The number of halogens is 1. The molecule has 0 unspecified atom stereocenters. The molecular weight excluding hydrogens is 162 g/mol. The van der Waals surface area contributed by atoms with Crippen LogP contribution in [-0.2, 0) is 6.61 Å². The number of aliphatic hydroxyl groups excluding tert-OH is 1. The first kappa shape index (κ1) is 10.5. The summed E-state index contributed by atoms with van der Waals surface area (Å²) in [5.41, 5.74) is -0.554. The van der Waals surface area contributed by atoms with Gasteiger partial charge in [-0.1, -0.05) is 10.9 Å². The van der Waals surface area contributed by atoms with Gasteiger partial charge in [-0.3, -0.25) is 0 Å². The van der Waals surface area contributed by atoms with Crippen molar-refractivity contribution in [2.45, 2.75) is 6.61 Å². The van der Waals surface area contributed by atoms with E-state index in [0.29, 0.717) is 0 Å². The van der Waals surface area contributed by atoms with Crippen LogP contribution in [0.5, 0.6) is 0 Å². The maximum Gasteiger partial charge on any atom is 0.120 e. The van der Waals surface area contributed by atoms with E-state index in [1.54, 1.807) is 0 Å². The molecule has 13 heavy (non-hydrogen) atoms. The fourth-order valence-corrected chi connectivity index (χ4v) is 1.01. The van der Waals surface area contributed by atoms with Crippen molar-refractivity contribution in [3.63, 3.8) is 0 Å². The quantitative estimate of drug-likeness (QED) is 0.428. The maximum absolute atomic E-state index is 13.2. The van der Waals surface area contributed by atoms with E-state index in [-0.39, 0.29) is 27.4 Å². The Morgan fingerprint density at radius 2 is 1.38 bits per heavy atom. The van der Waals surface area contributed by atoms with E-state index in [9.17, 15) is 4.39 Å². The van der Waals surface area contributed by atoms with Crippen LogP contribution in [0.4, 0.5) is 4.39 Å². The van der Waals surface area contributed by atoms with Crippen molar-refractivity contribution in [2.75, 3.05) is 0 Å². The van der Waals surface area contributed by atoms with Crippen molar-refractivity contribution in [2.24, 2.45) is 0 Å². The van der Waals surface area contributed by atoms with E-state index < -0.39 is 12.4 Å². The van der Waals surface area contributed by atoms with Crippen LogP contribution >= 0.6 is 0 Å². The number of aliphatic hydroxyl groups is 1. The molecule has 0 saturated heterocycles. The molecular formula is C7H3B4FO. The topological polar surface area (TPSA) is 20.2 Å². The summed E-state index contributed by atoms with van der Waals surface area (Å²) < 4.78 is 13.2. The van der Waals surface area contributed by atoms with Crippen LogP contribution in [0.2, 0.25) is 0 Å². The van der Waals surface area contributed by atoms with Gasteiger partial charge in [-0.05, 0) is 0 Å². The number of hydrogen-bond donors (Lipinski definition) is 1. The largest absolute Gasteiger partial charge is 0.392 e. The molecule has 0 aliphatic carbocycles. The monoisotopic (exact) mass is 166 g/mol. The first-order valence-corrected chi connectivity index (χ1v) is 3.51. The molecule has 1 aromatic rings. The van der Waals surface area contributed by atoms with Crippen LogP contribution in [0.1, 0.15) is 5.56 Å². The van der Waals surface area contributed by atoms with Gasteiger partial charge in [0.2, 0.25) is 0 Å². The van der Waals surface area contributed by atoms with Crippen LogP contribution in [-0.4, -0.2) is 36.5 Å². The van der Waals surface area contributed by atoms with Crippen LogP contribution < -0.4 is 21.9 Å². The second-order valence-corrected chi connectivity index (χ2v) is 2.61. The SMILES string of the molecule is [B]c1c([B])c([B])c(CO)c(F)c1[B]. The Morgan fingerprint density at radius 3 is 1.85 bits per heavy atom. The lowest BCUT2D eigenvalue weighted by Crippen LogP contribution is -2.50. The highest BCUT2D eigenvalue weighted by atomic mass is 19.1. The van der Waals surface area contributed by atoms with Gasteiger partial charge in [0.15, 0.2) is 0 Å². The summed E-state index contributed by atoms with van der Waals surface area (Å²) in [5, 5.41) is 8.77. The predicted octanol–water partition coefficient (Wildman–Crippen LogP) is -3.51. The molecule has 0 aliphatic heterocycles. The maximum atomic E-state index is 13.2. The van der Waals surface area contributed by atoms with Crippen molar-refractivity contribution in [1.29, 1.82) is 0 Å². The van der Waals surface area contributed by atoms with E-state index in [0.717, 1.165) is 0 Å². The van der Waals surface area contributed by atoms with Gasteiger partial charge in [-0.2, -0.15) is 0 Å². The van der Waals surface area contributed by atoms with E-state index >= 15 is 0 Å². The zero-order valence-electron chi connectivity index (χ0n) is 6.84. The van der Waals surface area contributed by atoms with Gasteiger partial charge in [0.05, 0.1) is 6.61 Å². The Labute approximate surface area is 81.4 Å². The fourth-order valence-electron chi connectivity index (χ4n) is 1.01. The molecule has 0 atom stereocenters. The minimum atomic E-state index is -0.813. The summed E-state index contributed by atoms with van der Waals surface area (Å²) >= 11 is 0. The molecule has 6 heteroatoms. The van der Waals surface area contributed by atoms with Crippen molar-refractivity contribution in [1.82, 2.24) is 0 Å². The lowest BCUT2D eigenvalue weighted by molar-refractivity contribution is 0.277. The Kier molecular flexibility index (Phi) is 2.91. The standard InChI is InChI=1S/C7H3B4FO/c8-3-2(1-13)7(12)6(11)5(10)4(3)9/h13H,1H2. The molecule has 0 heterocycles. The zero-order chi connectivity index (χ0) is 10.2. The first-order valence-electron chi connectivity index (χ1n) is 3.51. The smallest absolute Gasteiger partial charge is 0.120 e. The van der Waals surface area contributed by atoms with Gasteiger partial charge in [0, 0.05) is 5.56 Å². The third-order valence-electron chi connectivity index (χ3n) is 1.86. The number of hydrogen-bond acceptors (Lipinski definition) is 1. The minimum absolute atomic E-state index is 0.00273. The van der Waals surface area contributed by atoms with Crippen molar-refractivity contribution < 1.29 is 9.50 Å². The molecule has 8 radical (unpaired) electrons. The van der Waals surface area contributed by atoms with Gasteiger partial charge in [0.25, 0.3) is 0 Å². The summed E-state index contributed by atoms with van der Waals surface area (Å²) in [6.45, 7) is -0.563. The number of rotatable bonds is 1. The molecule has 1 rings (SSSR count). The molecule has 0 spiro atoms. The molecule has 1 aromatic carbocycles. The van der Waals surface area contributed by atoms with Gasteiger partial charge >= 0.3 is 0 Å². The van der Waals surface area contributed by atoms with E-state index in [2.05, 4.69) is 0 Å². The molecule has 0 saturated carbocycles. The highest BCUT2D eigenvalue weighted by Crippen LogP contribution is 1.97. The van der Waals surface area contributed by atoms with Crippen LogP contribution in [0.3, 0.4) is 0 Å². The van der Waals surface area contributed by atoms with Gasteiger partial charge in [0.1, 0.15) is 37.2 Å². The van der Waals surface area contributed by atoms with Crippen molar-refractivity contribution in [3.05, 3.63) is 11.4 Å².